The van der Waals surface area contributed by atoms with Crippen molar-refractivity contribution in [1.82, 2.24) is 41.8 Å². The second-order valence-corrected chi connectivity index (χ2v) is 12.7. The van der Waals surface area contributed by atoms with Gasteiger partial charge in [-0.2, -0.15) is 0 Å². The number of aromatic nitrogens is 1. The third-order valence-electron chi connectivity index (χ3n) is 8.84. The molecule has 262 valence electrons. The highest BCUT2D eigenvalue weighted by molar-refractivity contribution is 5.95. The molecule has 2 fully saturated rings. The minimum absolute atomic E-state index is 0.0762. The summed E-state index contributed by atoms with van der Waals surface area (Å²) in [6.07, 6.45) is 0.805. The van der Waals surface area contributed by atoms with Crippen LogP contribution < -0.4 is 31.9 Å². The molecule has 0 bridgehead atoms. The van der Waals surface area contributed by atoms with Gasteiger partial charge in [-0.3, -0.25) is 33.7 Å². The topological polar surface area (TPSA) is 234 Å². The van der Waals surface area contributed by atoms with Gasteiger partial charge in [0.05, 0.1) is 25.0 Å². The Morgan fingerprint density at radius 3 is 2.38 bits per heavy atom. The van der Waals surface area contributed by atoms with E-state index in [0.29, 0.717) is 25.9 Å². The lowest BCUT2D eigenvalue weighted by molar-refractivity contribution is -0.142. The Balaban J connectivity index is 1.66. The summed E-state index contributed by atoms with van der Waals surface area (Å²) in [5.74, 6) is -5.40. The summed E-state index contributed by atoms with van der Waals surface area (Å²) in [5.41, 5.74) is 1.56. The van der Waals surface area contributed by atoms with Gasteiger partial charge in [-0.05, 0) is 56.9 Å². The molecular weight excluding hydrogens is 624 g/mol. The first-order valence-electron chi connectivity index (χ1n) is 16.2. The Bertz CT molecular complexity index is 1490. The number of hydrogen-bond acceptors (Lipinski definition) is 9. The Morgan fingerprint density at radius 1 is 0.979 bits per heavy atom. The van der Waals surface area contributed by atoms with Crippen molar-refractivity contribution in [1.29, 1.82) is 0 Å². The zero-order chi connectivity index (χ0) is 35.0. The van der Waals surface area contributed by atoms with Gasteiger partial charge in [-0.15, -0.1) is 0 Å². The van der Waals surface area contributed by atoms with Crippen LogP contribution in [0.25, 0.3) is 10.9 Å². The molecule has 9 N–H and O–H groups in total. The summed E-state index contributed by atoms with van der Waals surface area (Å²) in [4.78, 5) is 82.6. The Morgan fingerprint density at radius 2 is 1.69 bits per heavy atom. The SMILES string of the molecule is CC(C)C1C(=O)NC(CNC(=O)C2CCNCC2)C(=O)NCC(=O)NC(CC(=O)O)C(=O)NC(Cc2c[nH]c3ccccc23)C(O)N1C. The average molecular weight is 671 g/mol. The summed E-state index contributed by atoms with van der Waals surface area (Å²) in [6, 6.07) is 2.52. The molecule has 5 unspecified atom stereocenters. The van der Waals surface area contributed by atoms with Crippen molar-refractivity contribution in [2.24, 2.45) is 11.8 Å². The largest absolute Gasteiger partial charge is 0.481 e. The third kappa shape index (κ3) is 9.29. The van der Waals surface area contributed by atoms with E-state index in [1.807, 2.05) is 24.3 Å². The number of para-hydroxylation sites is 1. The number of rotatable bonds is 8. The lowest BCUT2D eigenvalue weighted by atomic mass is 9.97. The number of piperidine rings is 1. The van der Waals surface area contributed by atoms with Crippen LogP contribution in [0.1, 0.15) is 38.7 Å². The number of aliphatic carboxylic acids is 1. The predicted octanol–water partition coefficient (Wildman–Crippen LogP) is -1.84. The molecule has 0 radical (unpaired) electrons. The van der Waals surface area contributed by atoms with E-state index in [-0.39, 0.29) is 24.8 Å². The van der Waals surface area contributed by atoms with E-state index in [1.54, 1.807) is 20.0 Å². The zero-order valence-electron chi connectivity index (χ0n) is 27.4. The van der Waals surface area contributed by atoms with Crippen LogP contribution in [0.5, 0.6) is 0 Å². The highest BCUT2D eigenvalue weighted by Crippen LogP contribution is 2.22. The van der Waals surface area contributed by atoms with E-state index in [9.17, 15) is 39.0 Å². The van der Waals surface area contributed by atoms with E-state index >= 15 is 0 Å². The van der Waals surface area contributed by atoms with Gasteiger partial charge in [-0.1, -0.05) is 32.0 Å². The van der Waals surface area contributed by atoms with Crippen LogP contribution in [-0.4, -0.2) is 119 Å². The number of aliphatic hydroxyl groups is 1. The molecule has 0 saturated carbocycles. The number of H-pyrrole nitrogens is 1. The number of carboxylic acids is 1. The van der Waals surface area contributed by atoms with Crippen molar-refractivity contribution >= 4 is 46.4 Å². The first-order valence-corrected chi connectivity index (χ1v) is 16.2. The Kier molecular flexibility index (Phi) is 12.5. The van der Waals surface area contributed by atoms with Crippen LogP contribution in [0.4, 0.5) is 0 Å². The van der Waals surface area contributed by atoms with Gasteiger partial charge in [0, 0.05) is 29.6 Å². The third-order valence-corrected chi connectivity index (χ3v) is 8.84. The number of hydrogen-bond donors (Lipinski definition) is 9. The van der Waals surface area contributed by atoms with Crippen LogP contribution in [0.3, 0.4) is 0 Å². The maximum Gasteiger partial charge on any atom is 0.305 e. The minimum atomic E-state index is -1.54. The molecule has 16 heteroatoms. The van der Waals surface area contributed by atoms with Crippen molar-refractivity contribution in [3.05, 3.63) is 36.0 Å². The molecule has 1 aromatic heterocycles. The van der Waals surface area contributed by atoms with E-state index < -0.39 is 78.9 Å². The monoisotopic (exact) mass is 670 g/mol. The second kappa shape index (κ2) is 16.5. The van der Waals surface area contributed by atoms with Crippen molar-refractivity contribution in [2.75, 3.05) is 33.2 Å². The first kappa shape index (κ1) is 36.3. The molecule has 2 saturated heterocycles. The summed E-state index contributed by atoms with van der Waals surface area (Å²) >= 11 is 0. The van der Waals surface area contributed by atoms with Crippen molar-refractivity contribution in [3.8, 4) is 0 Å². The Hall–Kier alpha value is -4.54. The molecular formula is C32H46N8O8. The van der Waals surface area contributed by atoms with Crippen molar-refractivity contribution < 1.29 is 39.0 Å². The number of aliphatic hydroxyl groups excluding tert-OH is 1. The average Bonchev–Trinajstić information content (AvgIpc) is 3.46. The number of nitrogens with zero attached hydrogens (tertiary/aromatic N) is 1. The fourth-order valence-electron chi connectivity index (χ4n) is 6.28. The van der Waals surface area contributed by atoms with E-state index in [0.717, 1.165) is 16.5 Å². The molecule has 16 nitrogen and oxygen atoms in total. The predicted molar refractivity (Wildman–Crippen MR) is 174 cm³/mol. The number of benzene rings is 1. The quantitative estimate of drug-likeness (QED) is 0.152. The maximum absolute atomic E-state index is 13.9. The summed E-state index contributed by atoms with van der Waals surface area (Å²) < 4.78 is 0. The highest BCUT2D eigenvalue weighted by atomic mass is 16.4. The fraction of sp³-hybridized carbons (Fsp3) is 0.562. The van der Waals surface area contributed by atoms with Crippen LogP contribution >= 0.6 is 0 Å². The molecule has 5 amide bonds. The van der Waals surface area contributed by atoms with Gasteiger partial charge in [0.25, 0.3) is 0 Å². The summed E-state index contributed by atoms with van der Waals surface area (Å²) in [6.45, 7) is 3.98. The number of nitrogens with one attached hydrogen (secondary N) is 7. The van der Waals surface area contributed by atoms with E-state index in [2.05, 4.69) is 36.9 Å². The molecule has 2 aliphatic heterocycles. The highest BCUT2D eigenvalue weighted by Gasteiger charge is 2.38. The summed E-state index contributed by atoms with van der Waals surface area (Å²) in [7, 11) is 1.51. The number of carbonyl (C=O) groups excluding carboxylic acids is 5. The summed E-state index contributed by atoms with van der Waals surface area (Å²) in [5, 5.41) is 38.2. The lowest BCUT2D eigenvalue weighted by Crippen LogP contribution is -2.62. The zero-order valence-corrected chi connectivity index (χ0v) is 27.4. The van der Waals surface area contributed by atoms with Gasteiger partial charge < -0.3 is 47.1 Å². The van der Waals surface area contributed by atoms with Crippen LogP contribution in [0, 0.1) is 11.8 Å². The molecule has 2 aromatic rings. The molecule has 0 aliphatic carbocycles. The molecule has 3 heterocycles. The smallest absolute Gasteiger partial charge is 0.305 e. The Labute approximate surface area is 278 Å². The molecule has 48 heavy (non-hydrogen) atoms. The lowest BCUT2D eigenvalue weighted by Gasteiger charge is -2.38. The molecule has 5 atom stereocenters. The number of aromatic amines is 1. The van der Waals surface area contributed by atoms with Crippen LogP contribution in [0.2, 0.25) is 0 Å². The molecule has 0 spiro atoms. The van der Waals surface area contributed by atoms with E-state index in [4.69, 9.17) is 0 Å². The molecule has 2 aliphatic rings. The normalized spacial score (nSPS) is 25.7. The van der Waals surface area contributed by atoms with E-state index in [1.165, 1.54) is 11.9 Å². The number of carboxylic acid groups (broad SMARTS) is 1. The van der Waals surface area contributed by atoms with Gasteiger partial charge in [-0.25, -0.2) is 0 Å². The number of likely N-dealkylation sites (N-methyl/N-ethyl adjacent to an activating group) is 1. The molecule has 4 rings (SSSR count). The first-order chi connectivity index (χ1) is 22.8. The standard InChI is InChI=1S/C32H46N8O8/c1-17(2)27-31(47)39-24(15-35-28(44)18-8-10-33-11-9-18)29(45)36-16-25(41)37-22(13-26(42)43)30(46)38-23(32(48)40(27)3)12-19-14-34-21-7-5-4-6-20(19)21/h4-7,14,17-18,22-24,27,32-34,48H,8-13,15-16H2,1-3H3,(H,35,44)(H,36,45)(H,37,41)(H,38,46)(H,39,47)(H,42,43). The van der Waals surface area contributed by atoms with Crippen molar-refractivity contribution in [3.63, 3.8) is 0 Å². The van der Waals surface area contributed by atoms with Crippen molar-refractivity contribution in [2.45, 2.75) is 69.9 Å². The van der Waals surface area contributed by atoms with Gasteiger partial charge in [0.1, 0.15) is 18.3 Å². The minimum Gasteiger partial charge on any atom is -0.481 e. The van der Waals surface area contributed by atoms with Gasteiger partial charge >= 0.3 is 5.97 Å². The maximum atomic E-state index is 13.9. The molecule has 1 aromatic carbocycles. The fourth-order valence-corrected chi connectivity index (χ4v) is 6.28. The second-order valence-electron chi connectivity index (χ2n) is 12.7. The van der Waals surface area contributed by atoms with Crippen LogP contribution in [-0.2, 0) is 35.2 Å². The number of fused-ring (bicyclic) bond motifs is 1. The van der Waals surface area contributed by atoms with Gasteiger partial charge in [0.2, 0.25) is 29.5 Å². The van der Waals surface area contributed by atoms with Crippen LogP contribution in [0.15, 0.2) is 30.5 Å². The number of amides is 5. The number of carbonyl (C=O) groups is 6. The van der Waals surface area contributed by atoms with Gasteiger partial charge in [0.15, 0.2) is 0 Å².